The van der Waals surface area contributed by atoms with Gasteiger partial charge in [-0.3, -0.25) is 4.79 Å². The maximum atomic E-state index is 11.8. The van der Waals surface area contributed by atoms with Crippen LogP contribution in [0.1, 0.15) is 23.7 Å². The highest BCUT2D eigenvalue weighted by atomic mass is 32.2. The van der Waals surface area contributed by atoms with E-state index in [1.807, 2.05) is 0 Å². The van der Waals surface area contributed by atoms with Crippen molar-refractivity contribution in [3.63, 3.8) is 0 Å². The summed E-state index contributed by atoms with van der Waals surface area (Å²) in [7, 11) is -1.62. The van der Waals surface area contributed by atoms with Gasteiger partial charge in [0, 0.05) is 25.8 Å². The quantitative estimate of drug-likeness (QED) is 0.572. The summed E-state index contributed by atoms with van der Waals surface area (Å²) in [6.07, 6.45) is 0.550. The minimum atomic E-state index is -3.16. The van der Waals surface area contributed by atoms with Gasteiger partial charge in [-0.1, -0.05) is 12.1 Å². The third-order valence-corrected chi connectivity index (χ3v) is 4.84. The molecule has 0 spiro atoms. The molecule has 0 heterocycles. The van der Waals surface area contributed by atoms with Crippen LogP contribution in [0.15, 0.2) is 24.3 Å². The fourth-order valence-electron chi connectivity index (χ4n) is 1.66. The van der Waals surface area contributed by atoms with Crippen LogP contribution in [0.3, 0.4) is 0 Å². The molecule has 1 aromatic carbocycles. The number of hydrogen-bond donors (Lipinski definition) is 2. The van der Waals surface area contributed by atoms with Crippen molar-refractivity contribution < 1.29 is 13.2 Å². The van der Waals surface area contributed by atoms with Gasteiger partial charge in [0.05, 0.1) is 11.3 Å². The molecule has 0 bridgehead atoms. The maximum Gasteiger partial charge on any atom is 0.253 e. The van der Waals surface area contributed by atoms with Gasteiger partial charge in [-0.25, -0.2) is 12.7 Å². The number of rotatable bonds is 7. The molecule has 0 fully saturated rings. The molecule has 0 aromatic heterocycles. The molecule has 3 N–H and O–H groups in total. The van der Waals surface area contributed by atoms with E-state index in [0.717, 1.165) is 0 Å². The molecule has 0 unspecified atom stereocenters. The van der Waals surface area contributed by atoms with E-state index in [1.54, 1.807) is 31.2 Å². The van der Waals surface area contributed by atoms with Gasteiger partial charge in [0.25, 0.3) is 5.91 Å². The monoisotopic (exact) mass is 299 g/mol. The summed E-state index contributed by atoms with van der Waals surface area (Å²) in [5.74, 6) is -0.166. The van der Waals surface area contributed by atoms with Gasteiger partial charge in [0.15, 0.2) is 0 Å². The molecule has 0 aliphatic carbocycles. The summed E-state index contributed by atoms with van der Waals surface area (Å²) in [5.41, 5.74) is 6.56. The van der Waals surface area contributed by atoms with E-state index in [-0.39, 0.29) is 11.7 Å². The minimum Gasteiger partial charge on any atom is -0.398 e. The molecule has 1 rings (SSSR count). The molecule has 7 heteroatoms. The summed E-state index contributed by atoms with van der Waals surface area (Å²) in [4.78, 5) is 11.8. The van der Waals surface area contributed by atoms with Crippen molar-refractivity contribution in [1.29, 1.82) is 0 Å². The number of nitrogen functional groups attached to an aromatic ring is 1. The molecule has 112 valence electrons. The van der Waals surface area contributed by atoms with E-state index < -0.39 is 10.0 Å². The van der Waals surface area contributed by atoms with Gasteiger partial charge >= 0.3 is 0 Å². The molecule has 1 aromatic rings. The fourth-order valence-corrected chi connectivity index (χ4v) is 2.51. The first kappa shape index (κ1) is 16.5. The highest BCUT2D eigenvalue weighted by molar-refractivity contribution is 7.89. The van der Waals surface area contributed by atoms with Crippen molar-refractivity contribution in [2.24, 2.45) is 0 Å². The van der Waals surface area contributed by atoms with Crippen LogP contribution in [0.2, 0.25) is 0 Å². The molecule has 0 aliphatic heterocycles. The topological polar surface area (TPSA) is 92.5 Å². The lowest BCUT2D eigenvalue weighted by atomic mass is 10.1. The van der Waals surface area contributed by atoms with E-state index in [9.17, 15) is 13.2 Å². The molecular weight excluding hydrogens is 278 g/mol. The Kier molecular flexibility index (Phi) is 5.97. The number of carbonyl (C=O) groups is 1. The van der Waals surface area contributed by atoms with E-state index in [1.165, 1.54) is 11.4 Å². The van der Waals surface area contributed by atoms with Crippen LogP contribution in [-0.2, 0) is 10.0 Å². The van der Waals surface area contributed by atoms with Crippen molar-refractivity contribution in [2.75, 3.05) is 31.6 Å². The summed E-state index contributed by atoms with van der Waals surface area (Å²) < 4.78 is 24.3. The molecular formula is C13H21N3O3S. The van der Waals surface area contributed by atoms with Crippen LogP contribution in [0.5, 0.6) is 0 Å². The second-order valence-corrected chi connectivity index (χ2v) is 6.78. The first-order valence-electron chi connectivity index (χ1n) is 6.45. The summed E-state index contributed by atoms with van der Waals surface area (Å²) in [6, 6.07) is 6.82. The van der Waals surface area contributed by atoms with Crippen molar-refractivity contribution in [3.8, 4) is 0 Å². The highest BCUT2D eigenvalue weighted by Gasteiger charge is 2.14. The molecule has 0 saturated carbocycles. The maximum absolute atomic E-state index is 11.8. The number of carbonyl (C=O) groups excluding carboxylic acids is 1. The smallest absolute Gasteiger partial charge is 0.253 e. The zero-order valence-corrected chi connectivity index (χ0v) is 12.6. The minimum absolute atomic E-state index is 0.0798. The summed E-state index contributed by atoms with van der Waals surface area (Å²) >= 11 is 0. The van der Waals surface area contributed by atoms with Gasteiger partial charge in [0.2, 0.25) is 10.0 Å². The number of anilines is 1. The van der Waals surface area contributed by atoms with Crippen LogP contribution in [0.25, 0.3) is 0 Å². The van der Waals surface area contributed by atoms with Gasteiger partial charge in [0.1, 0.15) is 0 Å². The standard InChI is InChI=1S/C13H21N3O3S/c1-3-20(18,19)16(2)10-6-9-15-13(17)11-7-4-5-8-12(11)14/h4-5,7-8H,3,6,9-10,14H2,1-2H3,(H,15,17). The predicted octanol–water partition coefficient (Wildman–Crippen LogP) is 0.670. The number of sulfonamides is 1. The Hall–Kier alpha value is -1.60. The van der Waals surface area contributed by atoms with Gasteiger partial charge in [-0.15, -0.1) is 0 Å². The molecule has 1 amide bonds. The first-order chi connectivity index (χ1) is 9.38. The van der Waals surface area contributed by atoms with Crippen LogP contribution < -0.4 is 11.1 Å². The van der Waals surface area contributed by atoms with Crippen LogP contribution in [0.4, 0.5) is 5.69 Å². The Balaban J connectivity index is 2.39. The second kappa shape index (κ2) is 7.25. The third-order valence-electron chi connectivity index (χ3n) is 2.98. The van der Waals surface area contributed by atoms with Crippen molar-refractivity contribution in [2.45, 2.75) is 13.3 Å². The van der Waals surface area contributed by atoms with Gasteiger partial charge in [-0.2, -0.15) is 0 Å². The number of nitrogens with zero attached hydrogens (tertiary/aromatic N) is 1. The molecule has 0 aliphatic rings. The summed E-state index contributed by atoms with van der Waals surface area (Å²) in [6.45, 7) is 2.38. The normalized spacial score (nSPS) is 11.6. The highest BCUT2D eigenvalue weighted by Crippen LogP contribution is 2.09. The number of nitrogens with one attached hydrogen (secondary N) is 1. The largest absolute Gasteiger partial charge is 0.398 e. The lowest BCUT2D eigenvalue weighted by Gasteiger charge is -2.15. The SMILES string of the molecule is CCS(=O)(=O)N(C)CCCNC(=O)c1ccccc1N. The Labute approximate surface area is 120 Å². The number of amides is 1. The average molecular weight is 299 g/mol. The van der Waals surface area contributed by atoms with Gasteiger partial charge < -0.3 is 11.1 Å². The van der Waals surface area contributed by atoms with E-state index in [0.29, 0.717) is 30.8 Å². The van der Waals surface area contributed by atoms with Crippen molar-refractivity contribution in [3.05, 3.63) is 29.8 Å². The zero-order valence-electron chi connectivity index (χ0n) is 11.8. The Morgan fingerprint density at radius 2 is 2.00 bits per heavy atom. The van der Waals surface area contributed by atoms with E-state index in [4.69, 9.17) is 5.73 Å². The molecule has 0 atom stereocenters. The predicted molar refractivity (Wildman–Crippen MR) is 79.9 cm³/mol. The molecule has 6 nitrogen and oxygen atoms in total. The fraction of sp³-hybridized carbons (Fsp3) is 0.462. The molecule has 0 radical (unpaired) electrons. The van der Waals surface area contributed by atoms with E-state index in [2.05, 4.69) is 5.32 Å². The van der Waals surface area contributed by atoms with Gasteiger partial charge in [-0.05, 0) is 25.5 Å². The Morgan fingerprint density at radius 1 is 1.35 bits per heavy atom. The van der Waals surface area contributed by atoms with Crippen molar-refractivity contribution >= 4 is 21.6 Å². The zero-order chi connectivity index (χ0) is 15.2. The summed E-state index contributed by atoms with van der Waals surface area (Å²) in [5, 5.41) is 2.72. The number of para-hydroxylation sites is 1. The number of nitrogens with two attached hydrogens (primary N) is 1. The van der Waals surface area contributed by atoms with Crippen LogP contribution in [0, 0.1) is 0 Å². The lowest BCUT2D eigenvalue weighted by molar-refractivity contribution is 0.0954. The first-order valence-corrected chi connectivity index (χ1v) is 8.06. The van der Waals surface area contributed by atoms with Crippen LogP contribution in [-0.4, -0.2) is 44.5 Å². The van der Waals surface area contributed by atoms with Crippen molar-refractivity contribution in [1.82, 2.24) is 9.62 Å². The van der Waals surface area contributed by atoms with E-state index >= 15 is 0 Å². The Bertz CT molecular complexity index is 558. The number of hydrogen-bond acceptors (Lipinski definition) is 4. The number of benzene rings is 1. The molecule has 20 heavy (non-hydrogen) atoms. The molecule has 0 saturated heterocycles. The second-order valence-electron chi connectivity index (χ2n) is 4.42. The lowest BCUT2D eigenvalue weighted by Crippen LogP contribution is -2.32. The van der Waals surface area contributed by atoms with Crippen LogP contribution >= 0.6 is 0 Å². The average Bonchev–Trinajstić information content (AvgIpc) is 2.43. The Morgan fingerprint density at radius 3 is 2.60 bits per heavy atom. The third kappa shape index (κ3) is 4.50.